The molecule has 0 rings (SSSR count). The summed E-state index contributed by atoms with van der Waals surface area (Å²) < 4.78 is 0. The van der Waals surface area contributed by atoms with Crippen molar-refractivity contribution in [2.45, 2.75) is 51.9 Å². The highest BCUT2D eigenvalue weighted by molar-refractivity contribution is 7.80. The van der Waals surface area contributed by atoms with Gasteiger partial charge in [0.2, 0.25) is 0 Å². The molecule has 0 atom stereocenters. The summed E-state index contributed by atoms with van der Waals surface area (Å²) in [5, 5.41) is 0. The third-order valence-electron chi connectivity index (χ3n) is 2.19. The lowest BCUT2D eigenvalue weighted by Gasteiger charge is -1.95. The van der Waals surface area contributed by atoms with Crippen LogP contribution in [0.3, 0.4) is 0 Å². The highest BCUT2D eigenvalue weighted by atomic mass is 32.1. The van der Waals surface area contributed by atoms with Crippen molar-refractivity contribution in [1.82, 2.24) is 0 Å². The molecule has 0 amide bonds. The summed E-state index contributed by atoms with van der Waals surface area (Å²) in [6, 6.07) is 0. The molecule has 0 spiro atoms. The summed E-state index contributed by atoms with van der Waals surface area (Å²) in [5.41, 5.74) is 0. The van der Waals surface area contributed by atoms with Gasteiger partial charge < -0.3 is 0 Å². The fourth-order valence-electron chi connectivity index (χ4n) is 1.33. The van der Waals surface area contributed by atoms with Gasteiger partial charge in [0.05, 0.1) is 0 Å². The first-order valence-electron chi connectivity index (χ1n) is 5.82. The molecule has 0 bridgehead atoms. The van der Waals surface area contributed by atoms with E-state index >= 15 is 0 Å². The van der Waals surface area contributed by atoms with Gasteiger partial charge in [-0.1, -0.05) is 56.9 Å². The summed E-state index contributed by atoms with van der Waals surface area (Å²) in [5.74, 6) is 0.852. The van der Waals surface area contributed by atoms with Crippen molar-refractivity contribution < 1.29 is 0 Å². The minimum atomic E-state index is 0.852. The first-order chi connectivity index (χ1) is 6.91. The van der Waals surface area contributed by atoms with Crippen LogP contribution in [0, 0.1) is 0 Å². The number of allylic oxidation sites excluding steroid dienone is 3. The molecule has 14 heavy (non-hydrogen) atoms. The molecule has 0 unspecified atom stereocenters. The maximum absolute atomic E-state index is 4.10. The molecule has 0 N–H and O–H groups in total. The minimum absolute atomic E-state index is 0.852. The maximum atomic E-state index is 4.10. The summed E-state index contributed by atoms with van der Waals surface area (Å²) in [6.07, 6.45) is 18.0. The minimum Gasteiger partial charge on any atom is -0.175 e. The van der Waals surface area contributed by atoms with Gasteiger partial charge in [-0.2, -0.15) is 12.6 Å². The van der Waals surface area contributed by atoms with E-state index in [0.29, 0.717) is 0 Å². The summed E-state index contributed by atoms with van der Waals surface area (Å²) in [4.78, 5) is 0. The molecular formula is C13H24S. The van der Waals surface area contributed by atoms with Crippen LogP contribution >= 0.6 is 12.6 Å². The van der Waals surface area contributed by atoms with Crippen molar-refractivity contribution in [2.75, 3.05) is 5.75 Å². The summed E-state index contributed by atoms with van der Waals surface area (Å²) in [7, 11) is 0. The maximum Gasteiger partial charge on any atom is 0.00826 e. The fraction of sp³-hybridized carbons (Fsp3) is 0.692. The van der Waals surface area contributed by atoms with E-state index in [0.717, 1.165) is 12.2 Å². The summed E-state index contributed by atoms with van der Waals surface area (Å²) in [6.45, 7) is 2.26. The largest absolute Gasteiger partial charge is 0.175 e. The Kier molecular flexibility index (Phi) is 12.7. The number of hydrogen-bond acceptors (Lipinski definition) is 1. The van der Waals surface area contributed by atoms with E-state index in [-0.39, 0.29) is 0 Å². The molecule has 0 aliphatic carbocycles. The van der Waals surface area contributed by atoms with Crippen LogP contribution in [-0.2, 0) is 0 Å². The van der Waals surface area contributed by atoms with Crippen LogP contribution in [0.1, 0.15) is 51.9 Å². The molecule has 0 saturated heterocycles. The van der Waals surface area contributed by atoms with Crippen LogP contribution in [0.5, 0.6) is 0 Å². The predicted molar refractivity (Wildman–Crippen MR) is 70.1 cm³/mol. The van der Waals surface area contributed by atoms with Crippen LogP contribution < -0.4 is 0 Å². The Hall–Kier alpha value is -0.170. The van der Waals surface area contributed by atoms with E-state index in [1.165, 1.54) is 38.5 Å². The predicted octanol–water partition coefficient (Wildman–Crippen LogP) is 4.78. The molecule has 0 aromatic carbocycles. The van der Waals surface area contributed by atoms with Crippen molar-refractivity contribution in [1.29, 1.82) is 0 Å². The van der Waals surface area contributed by atoms with E-state index in [2.05, 4.69) is 43.9 Å². The van der Waals surface area contributed by atoms with Crippen LogP contribution in [0.15, 0.2) is 24.3 Å². The van der Waals surface area contributed by atoms with E-state index in [4.69, 9.17) is 0 Å². The van der Waals surface area contributed by atoms with E-state index < -0.39 is 0 Å². The van der Waals surface area contributed by atoms with Crippen molar-refractivity contribution in [3.63, 3.8) is 0 Å². The Morgan fingerprint density at radius 1 is 0.857 bits per heavy atom. The standard InChI is InChI=1S/C13H24S/c1-2-3-4-5-6-7-8-9-10-11-12-13-14/h8-9,11-12,14H,2-7,10,13H2,1H3. The number of rotatable bonds is 9. The smallest absolute Gasteiger partial charge is 0.00826 e. The zero-order valence-electron chi connectivity index (χ0n) is 9.41. The van der Waals surface area contributed by atoms with E-state index in [1.807, 2.05) is 0 Å². The SMILES string of the molecule is CCCCCCCC=CCC=CCS. The lowest BCUT2D eigenvalue weighted by molar-refractivity contribution is 0.637. The van der Waals surface area contributed by atoms with Gasteiger partial charge in [0, 0.05) is 5.75 Å². The quantitative estimate of drug-likeness (QED) is 0.317. The third-order valence-corrected chi connectivity index (χ3v) is 2.40. The molecule has 0 fully saturated rings. The van der Waals surface area contributed by atoms with Crippen molar-refractivity contribution in [3.05, 3.63) is 24.3 Å². The molecule has 82 valence electrons. The zero-order chi connectivity index (χ0) is 10.5. The van der Waals surface area contributed by atoms with E-state index in [1.54, 1.807) is 0 Å². The Balaban J connectivity index is 3.07. The topological polar surface area (TPSA) is 0 Å². The normalized spacial score (nSPS) is 11.9. The molecule has 0 aliphatic rings. The number of thiol groups is 1. The molecule has 0 nitrogen and oxygen atoms in total. The number of hydrogen-bond donors (Lipinski definition) is 1. The average molecular weight is 212 g/mol. The van der Waals surface area contributed by atoms with Crippen LogP contribution in [-0.4, -0.2) is 5.75 Å². The van der Waals surface area contributed by atoms with Gasteiger partial charge in [-0.05, 0) is 19.3 Å². The van der Waals surface area contributed by atoms with Crippen molar-refractivity contribution >= 4 is 12.6 Å². The van der Waals surface area contributed by atoms with Gasteiger partial charge in [0.15, 0.2) is 0 Å². The second-order valence-electron chi connectivity index (χ2n) is 3.56. The van der Waals surface area contributed by atoms with Gasteiger partial charge in [0.25, 0.3) is 0 Å². The second kappa shape index (κ2) is 12.8. The molecule has 0 radical (unpaired) electrons. The molecule has 0 aliphatic heterocycles. The van der Waals surface area contributed by atoms with Gasteiger partial charge in [-0.25, -0.2) is 0 Å². The Bertz CT molecular complexity index is 147. The molecule has 0 aromatic rings. The fourth-order valence-corrected chi connectivity index (χ4v) is 1.48. The zero-order valence-corrected chi connectivity index (χ0v) is 10.3. The molecule has 0 aromatic heterocycles. The van der Waals surface area contributed by atoms with Crippen molar-refractivity contribution in [3.8, 4) is 0 Å². The Labute approximate surface area is 94.9 Å². The van der Waals surface area contributed by atoms with E-state index in [9.17, 15) is 0 Å². The first-order valence-corrected chi connectivity index (χ1v) is 6.46. The van der Waals surface area contributed by atoms with Crippen LogP contribution in [0.4, 0.5) is 0 Å². The highest BCUT2D eigenvalue weighted by Gasteiger charge is 1.85. The van der Waals surface area contributed by atoms with Gasteiger partial charge in [-0.3, -0.25) is 0 Å². The average Bonchev–Trinajstić information content (AvgIpc) is 2.21. The van der Waals surface area contributed by atoms with Crippen molar-refractivity contribution in [2.24, 2.45) is 0 Å². The van der Waals surface area contributed by atoms with Gasteiger partial charge >= 0.3 is 0 Å². The lowest BCUT2D eigenvalue weighted by Crippen LogP contribution is -1.75. The highest BCUT2D eigenvalue weighted by Crippen LogP contribution is 2.05. The monoisotopic (exact) mass is 212 g/mol. The molecular weight excluding hydrogens is 188 g/mol. The van der Waals surface area contributed by atoms with Crippen LogP contribution in [0.25, 0.3) is 0 Å². The summed E-state index contributed by atoms with van der Waals surface area (Å²) >= 11 is 4.10. The van der Waals surface area contributed by atoms with Gasteiger partial charge in [0.1, 0.15) is 0 Å². The van der Waals surface area contributed by atoms with Gasteiger partial charge in [-0.15, -0.1) is 0 Å². The Morgan fingerprint density at radius 3 is 2.29 bits per heavy atom. The lowest BCUT2D eigenvalue weighted by atomic mass is 10.1. The second-order valence-corrected chi connectivity index (χ2v) is 3.93. The molecule has 1 heteroatoms. The third kappa shape index (κ3) is 11.8. The molecule has 0 saturated carbocycles. The number of unbranched alkanes of at least 4 members (excludes halogenated alkanes) is 5. The van der Waals surface area contributed by atoms with Crippen LogP contribution in [0.2, 0.25) is 0 Å². The molecule has 0 heterocycles. The first kappa shape index (κ1) is 13.8. The Morgan fingerprint density at radius 2 is 1.57 bits per heavy atom.